The van der Waals surface area contributed by atoms with Crippen molar-refractivity contribution in [1.29, 1.82) is 0 Å². The van der Waals surface area contributed by atoms with Crippen molar-refractivity contribution >= 4 is 13.3 Å². The van der Waals surface area contributed by atoms with Crippen molar-refractivity contribution in [1.82, 2.24) is 0 Å². The molecular weight excluding hydrogens is 467 g/mol. The molecule has 0 aliphatic carbocycles. The van der Waals surface area contributed by atoms with Crippen molar-refractivity contribution in [3.63, 3.8) is 0 Å². The number of nitro groups is 1. The van der Waals surface area contributed by atoms with Gasteiger partial charge in [-0.3, -0.25) is 14.6 Å². The fourth-order valence-corrected chi connectivity index (χ4v) is 5.46. The van der Waals surface area contributed by atoms with Crippen LogP contribution < -0.4 is 4.52 Å². The molecule has 1 atom stereocenters. The highest BCUT2D eigenvalue weighted by Gasteiger charge is 2.26. The lowest BCUT2D eigenvalue weighted by Gasteiger charge is -2.19. The summed E-state index contributed by atoms with van der Waals surface area (Å²) in [6.07, 6.45) is 18.0. The van der Waals surface area contributed by atoms with Crippen LogP contribution in [0, 0.1) is 10.1 Å². The van der Waals surface area contributed by atoms with Gasteiger partial charge in [-0.2, -0.15) is 0 Å². The summed E-state index contributed by atoms with van der Waals surface area (Å²) in [5.74, 6) is 0.253. The molecule has 0 bridgehead atoms. The van der Waals surface area contributed by atoms with E-state index in [0.29, 0.717) is 13.0 Å². The lowest BCUT2D eigenvalue weighted by Crippen LogP contribution is -2.05. The summed E-state index contributed by atoms with van der Waals surface area (Å²) < 4.78 is 24.5. The number of rotatable bonds is 23. The van der Waals surface area contributed by atoms with Crippen molar-refractivity contribution in [3.05, 3.63) is 44.8 Å². The Morgan fingerprint density at radius 2 is 1.40 bits per heavy atom. The van der Waals surface area contributed by atoms with Gasteiger partial charge < -0.3 is 4.52 Å². The van der Waals surface area contributed by atoms with Crippen molar-refractivity contribution in [2.45, 2.75) is 103 Å². The smallest absolute Gasteiger partial charge is 0.379 e. The molecule has 0 radical (unpaired) electrons. The van der Waals surface area contributed by atoms with Gasteiger partial charge in [-0.15, -0.1) is 0 Å². The fraction of sp³-hybridized carbons (Fsp3) is 0.760. The van der Waals surface area contributed by atoms with Gasteiger partial charge >= 0.3 is 7.60 Å². The largest absolute Gasteiger partial charge is 0.424 e. The average molecular weight is 511 g/mol. The molecule has 9 nitrogen and oxygen atoms in total. The van der Waals surface area contributed by atoms with Crippen molar-refractivity contribution in [2.24, 2.45) is 5.11 Å². The summed E-state index contributed by atoms with van der Waals surface area (Å²) in [6, 6.07) is 5.42. The molecule has 0 saturated heterocycles. The molecule has 10 heteroatoms. The Labute approximate surface area is 210 Å². The van der Waals surface area contributed by atoms with Crippen LogP contribution >= 0.6 is 7.60 Å². The van der Waals surface area contributed by atoms with E-state index in [1.165, 1.54) is 94.9 Å². The molecule has 198 valence electrons. The minimum absolute atomic E-state index is 0.0705. The Kier molecular flexibility index (Phi) is 17.8. The van der Waals surface area contributed by atoms with Crippen LogP contribution in [0.4, 0.5) is 5.69 Å². The van der Waals surface area contributed by atoms with Gasteiger partial charge in [-0.1, -0.05) is 95.5 Å². The predicted octanol–water partition coefficient (Wildman–Crippen LogP) is 9.36. The standard InChI is InChI=1S/C25H43N4O5P/c1-2-3-4-5-6-7-8-9-10-11-12-13-14-15-22-33-35(32,23-16-21-27-28-26)34-25-19-17-24(18-20-25)29(30)31/h17-20H,2-16,21-23H2,1H3. The van der Waals surface area contributed by atoms with E-state index in [1.54, 1.807) is 0 Å². The number of nitro benzene ring substituents is 1. The first kappa shape index (κ1) is 31.0. The second-order valence-corrected chi connectivity index (χ2v) is 11.0. The number of nitrogens with zero attached hydrogens (tertiary/aromatic N) is 4. The molecule has 0 aliphatic heterocycles. The monoisotopic (exact) mass is 510 g/mol. The van der Waals surface area contributed by atoms with E-state index < -0.39 is 12.5 Å². The highest BCUT2D eigenvalue weighted by molar-refractivity contribution is 7.54. The Bertz CT molecular complexity index is 785. The van der Waals surface area contributed by atoms with Crippen LogP contribution in [0.5, 0.6) is 5.75 Å². The molecule has 0 fully saturated rings. The van der Waals surface area contributed by atoms with Crippen molar-refractivity contribution in [3.8, 4) is 5.75 Å². The topological polar surface area (TPSA) is 127 Å². The molecule has 1 unspecified atom stereocenters. The van der Waals surface area contributed by atoms with Crippen LogP contribution in [0.2, 0.25) is 0 Å². The first-order valence-corrected chi connectivity index (χ1v) is 14.9. The highest BCUT2D eigenvalue weighted by Crippen LogP contribution is 2.49. The van der Waals surface area contributed by atoms with Gasteiger partial charge in [0.05, 0.1) is 17.7 Å². The third-order valence-electron chi connectivity index (χ3n) is 5.83. The number of unbranched alkanes of at least 4 members (excludes halogenated alkanes) is 13. The van der Waals surface area contributed by atoms with Crippen LogP contribution in [0.1, 0.15) is 103 Å². The Hall–Kier alpha value is -2.08. The van der Waals surface area contributed by atoms with Crippen LogP contribution in [0.3, 0.4) is 0 Å². The normalized spacial score (nSPS) is 12.6. The molecule has 1 rings (SSSR count). The lowest BCUT2D eigenvalue weighted by atomic mass is 10.0. The highest BCUT2D eigenvalue weighted by atomic mass is 31.2. The van der Waals surface area contributed by atoms with E-state index in [4.69, 9.17) is 14.6 Å². The molecule has 0 amide bonds. The fourth-order valence-electron chi connectivity index (χ4n) is 3.81. The second kappa shape index (κ2) is 20.1. The second-order valence-electron chi connectivity index (χ2n) is 8.91. The SMILES string of the molecule is CCCCCCCCCCCCCCCCOP(=O)(CCCN=[N+]=[N-])Oc1ccc([N+](=O)[O-])cc1. The Balaban J connectivity index is 2.23. The summed E-state index contributed by atoms with van der Waals surface area (Å²) in [6.45, 7) is 2.77. The summed E-state index contributed by atoms with van der Waals surface area (Å²) in [7, 11) is -3.46. The first-order chi connectivity index (χ1) is 17.0. The van der Waals surface area contributed by atoms with Crippen molar-refractivity contribution in [2.75, 3.05) is 19.3 Å². The van der Waals surface area contributed by atoms with E-state index in [0.717, 1.165) is 19.3 Å². The quantitative estimate of drug-likeness (QED) is 0.0275. The maximum absolute atomic E-state index is 13.2. The molecule has 0 aliphatic rings. The number of benzene rings is 1. The zero-order chi connectivity index (χ0) is 25.6. The minimum Gasteiger partial charge on any atom is -0.424 e. The van der Waals surface area contributed by atoms with E-state index in [-0.39, 0.29) is 24.1 Å². The molecule has 1 aromatic rings. The Morgan fingerprint density at radius 1 is 0.886 bits per heavy atom. The van der Waals surface area contributed by atoms with Gasteiger partial charge in [0, 0.05) is 23.6 Å². The third kappa shape index (κ3) is 16.3. The van der Waals surface area contributed by atoms with Gasteiger partial charge in [0.25, 0.3) is 5.69 Å². The zero-order valence-electron chi connectivity index (χ0n) is 21.3. The summed E-state index contributed by atoms with van der Waals surface area (Å²) in [5.41, 5.74) is 8.36. The van der Waals surface area contributed by atoms with Gasteiger partial charge in [0.15, 0.2) is 0 Å². The first-order valence-electron chi connectivity index (χ1n) is 13.2. The minimum atomic E-state index is -3.46. The van der Waals surface area contributed by atoms with Crippen molar-refractivity contribution < 1.29 is 18.5 Å². The van der Waals surface area contributed by atoms with Gasteiger partial charge in [-0.05, 0) is 30.5 Å². The number of hydrogen-bond acceptors (Lipinski definition) is 6. The van der Waals surface area contributed by atoms with E-state index in [9.17, 15) is 14.7 Å². The number of non-ortho nitro benzene ring substituents is 1. The predicted molar refractivity (Wildman–Crippen MR) is 141 cm³/mol. The zero-order valence-corrected chi connectivity index (χ0v) is 22.2. The summed E-state index contributed by atoms with van der Waals surface area (Å²) >= 11 is 0. The maximum atomic E-state index is 13.2. The molecule has 0 saturated carbocycles. The molecule has 35 heavy (non-hydrogen) atoms. The summed E-state index contributed by atoms with van der Waals surface area (Å²) in [4.78, 5) is 13.0. The van der Waals surface area contributed by atoms with Gasteiger partial charge in [0.2, 0.25) is 0 Å². The molecular formula is C25H43N4O5P. The van der Waals surface area contributed by atoms with E-state index in [2.05, 4.69) is 16.9 Å². The molecule has 0 heterocycles. The summed E-state index contributed by atoms with van der Waals surface area (Å²) in [5, 5.41) is 14.3. The molecule has 0 N–H and O–H groups in total. The van der Waals surface area contributed by atoms with Gasteiger partial charge in [-0.25, -0.2) is 4.57 Å². The maximum Gasteiger partial charge on any atom is 0.379 e. The van der Waals surface area contributed by atoms with Crippen LogP contribution in [-0.4, -0.2) is 24.2 Å². The lowest BCUT2D eigenvalue weighted by molar-refractivity contribution is -0.384. The number of hydrogen-bond donors (Lipinski definition) is 0. The van der Waals surface area contributed by atoms with Crippen LogP contribution in [-0.2, 0) is 9.09 Å². The molecule has 0 aromatic heterocycles. The van der Waals surface area contributed by atoms with Gasteiger partial charge in [0.1, 0.15) is 5.75 Å². The number of azide groups is 1. The Morgan fingerprint density at radius 3 is 1.89 bits per heavy atom. The van der Waals surface area contributed by atoms with Crippen LogP contribution in [0.15, 0.2) is 29.4 Å². The molecule has 1 aromatic carbocycles. The van der Waals surface area contributed by atoms with Crippen LogP contribution in [0.25, 0.3) is 10.4 Å². The van der Waals surface area contributed by atoms with E-state index in [1.807, 2.05) is 0 Å². The van der Waals surface area contributed by atoms with E-state index >= 15 is 0 Å². The average Bonchev–Trinajstić information content (AvgIpc) is 2.84. The third-order valence-corrected chi connectivity index (χ3v) is 7.76. The molecule has 0 spiro atoms.